The number of ether oxygens (including phenoxy) is 1. The molecular formula is C16H18F2N2O. The Morgan fingerprint density at radius 1 is 1.24 bits per heavy atom. The number of halogens is 2. The Balaban J connectivity index is 2.19. The average Bonchev–Trinajstić information content (AvgIpc) is 2.43. The molecule has 0 aliphatic rings. The summed E-state index contributed by atoms with van der Waals surface area (Å²) >= 11 is 0. The van der Waals surface area contributed by atoms with Crippen molar-refractivity contribution in [3.8, 4) is 11.6 Å². The molecule has 1 N–H and O–H groups in total. The molecule has 21 heavy (non-hydrogen) atoms. The van der Waals surface area contributed by atoms with Crippen molar-refractivity contribution < 1.29 is 13.5 Å². The SMILES string of the molecule is Cc1cc(Oc2nccc(CNC(C)C)c2F)ccc1F. The standard InChI is InChI=1S/C16H18F2N2O/c1-10(2)20-9-12-6-7-19-16(15(12)18)21-13-4-5-14(17)11(3)8-13/h4-8,10,20H,9H2,1-3H3. The molecule has 0 saturated carbocycles. The fraction of sp³-hybridized carbons (Fsp3) is 0.312. The van der Waals surface area contributed by atoms with Crippen LogP contribution in [0.25, 0.3) is 0 Å². The van der Waals surface area contributed by atoms with E-state index in [9.17, 15) is 8.78 Å². The van der Waals surface area contributed by atoms with Crippen molar-refractivity contribution >= 4 is 0 Å². The van der Waals surface area contributed by atoms with Crippen LogP contribution in [0.1, 0.15) is 25.0 Å². The summed E-state index contributed by atoms with van der Waals surface area (Å²) in [7, 11) is 0. The Bertz CT molecular complexity index is 630. The maximum absolute atomic E-state index is 14.3. The molecule has 1 heterocycles. The van der Waals surface area contributed by atoms with E-state index in [2.05, 4.69) is 10.3 Å². The van der Waals surface area contributed by atoms with Crippen molar-refractivity contribution in [3.05, 3.63) is 53.2 Å². The van der Waals surface area contributed by atoms with E-state index < -0.39 is 5.82 Å². The first kappa shape index (κ1) is 15.4. The van der Waals surface area contributed by atoms with Crippen molar-refractivity contribution in [2.24, 2.45) is 0 Å². The van der Waals surface area contributed by atoms with Gasteiger partial charge in [-0.25, -0.2) is 13.8 Å². The second-order valence-corrected chi connectivity index (χ2v) is 5.14. The van der Waals surface area contributed by atoms with Gasteiger partial charge < -0.3 is 10.1 Å². The van der Waals surface area contributed by atoms with Gasteiger partial charge in [0.25, 0.3) is 5.88 Å². The van der Waals surface area contributed by atoms with E-state index in [4.69, 9.17) is 4.74 Å². The van der Waals surface area contributed by atoms with Gasteiger partial charge in [0.05, 0.1) is 0 Å². The van der Waals surface area contributed by atoms with Crippen molar-refractivity contribution in [2.75, 3.05) is 0 Å². The molecule has 0 aliphatic carbocycles. The van der Waals surface area contributed by atoms with Gasteiger partial charge in [0.2, 0.25) is 0 Å². The Morgan fingerprint density at radius 3 is 2.67 bits per heavy atom. The molecule has 0 spiro atoms. The Morgan fingerprint density at radius 2 is 2.00 bits per heavy atom. The summed E-state index contributed by atoms with van der Waals surface area (Å²) in [6, 6.07) is 6.10. The third kappa shape index (κ3) is 3.98. The van der Waals surface area contributed by atoms with Gasteiger partial charge in [-0.1, -0.05) is 13.8 Å². The van der Waals surface area contributed by atoms with Gasteiger partial charge in [-0.05, 0) is 36.8 Å². The smallest absolute Gasteiger partial charge is 0.256 e. The van der Waals surface area contributed by atoms with Crippen LogP contribution >= 0.6 is 0 Å². The number of benzene rings is 1. The largest absolute Gasteiger partial charge is 0.436 e. The molecule has 5 heteroatoms. The van der Waals surface area contributed by atoms with Crippen molar-refractivity contribution in [1.29, 1.82) is 0 Å². The molecule has 0 unspecified atom stereocenters. The van der Waals surface area contributed by atoms with E-state index in [-0.39, 0.29) is 17.7 Å². The number of rotatable bonds is 5. The highest BCUT2D eigenvalue weighted by atomic mass is 19.1. The molecule has 3 nitrogen and oxygen atoms in total. The van der Waals surface area contributed by atoms with Crippen LogP contribution in [-0.4, -0.2) is 11.0 Å². The lowest BCUT2D eigenvalue weighted by molar-refractivity contribution is 0.415. The first-order valence-corrected chi connectivity index (χ1v) is 6.78. The first-order chi connectivity index (χ1) is 9.97. The zero-order valence-electron chi connectivity index (χ0n) is 12.3. The Labute approximate surface area is 123 Å². The topological polar surface area (TPSA) is 34.1 Å². The van der Waals surface area contributed by atoms with Crippen LogP contribution in [0.3, 0.4) is 0 Å². The van der Waals surface area contributed by atoms with Crippen LogP contribution in [0, 0.1) is 18.6 Å². The van der Waals surface area contributed by atoms with Gasteiger partial charge >= 0.3 is 0 Å². The lowest BCUT2D eigenvalue weighted by atomic mass is 10.2. The third-order valence-electron chi connectivity index (χ3n) is 2.98. The zero-order chi connectivity index (χ0) is 15.4. The molecule has 0 atom stereocenters. The monoisotopic (exact) mass is 292 g/mol. The number of hydrogen-bond donors (Lipinski definition) is 1. The van der Waals surface area contributed by atoms with E-state index in [1.165, 1.54) is 24.4 Å². The minimum atomic E-state index is -0.507. The van der Waals surface area contributed by atoms with Crippen LogP contribution < -0.4 is 10.1 Å². The number of aryl methyl sites for hydroxylation is 1. The second-order valence-electron chi connectivity index (χ2n) is 5.14. The van der Waals surface area contributed by atoms with E-state index in [0.29, 0.717) is 23.4 Å². The van der Waals surface area contributed by atoms with Crippen molar-refractivity contribution in [2.45, 2.75) is 33.4 Å². The highest BCUT2D eigenvalue weighted by Crippen LogP contribution is 2.25. The molecule has 1 aromatic heterocycles. The number of aromatic nitrogens is 1. The average molecular weight is 292 g/mol. The molecule has 1 aromatic carbocycles. The van der Waals surface area contributed by atoms with E-state index in [1.807, 2.05) is 13.8 Å². The summed E-state index contributed by atoms with van der Waals surface area (Å²) in [4.78, 5) is 3.89. The first-order valence-electron chi connectivity index (χ1n) is 6.78. The number of nitrogens with zero attached hydrogens (tertiary/aromatic N) is 1. The highest BCUT2D eigenvalue weighted by molar-refractivity contribution is 5.33. The number of hydrogen-bond acceptors (Lipinski definition) is 3. The predicted octanol–water partition coefficient (Wildman–Crippen LogP) is 3.96. The quantitative estimate of drug-likeness (QED) is 0.905. The third-order valence-corrected chi connectivity index (χ3v) is 2.98. The number of pyridine rings is 1. The van der Waals surface area contributed by atoms with Gasteiger partial charge in [0.1, 0.15) is 11.6 Å². The summed E-state index contributed by atoms with van der Waals surface area (Å²) in [6.07, 6.45) is 1.49. The molecule has 112 valence electrons. The minimum Gasteiger partial charge on any atom is -0.436 e. The van der Waals surface area contributed by atoms with Crippen LogP contribution in [0.2, 0.25) is 0 Å². The fourth-order valence-electron chi connectivity index (χ4n) is 1.78. The summed E-state index contributed by atoms with van der Waals surface area (Å²) in [6.45, 7) is 5.98. The summed E-state index contributed by atoms with van der Waals surface area (Å²) in [5.41, 5.74) is 0.915. The van der Waals surface area contributed by atoms with Crippen LogP contribution in [0.5, 0.6) is 11.6 Å². The van der Waals surface area contributed by atoms with Gasteiger partial charge in [0.15, 0.2) is 5.82 Å². The maximum Gasteiger partial charge on any atom is 0.256 e. The van der Waals surface area contributed by atoms with Gasteiger partial charge in [-0.2, -0.15) is 0 Å². The lowest BCUT2D eigenvalue weighted by Crippen LogP contribution is -2.22. The summed E-state index contributed by atoms with van der Waals surface area (Å²) < 4.78 is 32.9. The molecule has 0 radical (unpaired) electrons. The Kier molecular flexibility index (Phi) is 4.85. The minimum absolute atomic E-state index is 0.107. The molecule has 0 bridgehead atoms. The molecule has 2 rings (SSSR count). The molecule has 2 aromatic rings. The van der Waals surface area contributed by atoms with E-state index in [0.717, 1.165) is 0 Å². The van der Waals surface area contributed by atoms with Crippen LogP contribution in [0.4, 0.5) is 8.78 Å². The molecule has 0 fully saturated rings. The van der Waals surface area contributed by atoms with E-state index >= 15 is 0 Å². The lowest BCUT2D eigenvalue weighted by Gasteiger charge is -2.11. The second kappa shape index (κ2) is 6.63. The predicted molar refractivity (Wildman–Crippen MR) is 77.4 cm³/mol. The Hall–Kier alpha value is -2.01. The molecule has 0 saturated heterocycles. The molecule has 0 amide bonds. The van der Waals surface area contributed by atoms with Crippen LogP contribution in [-0.2, 0) is 6.54 Å². The normalized spacial score (nSPS) is 11.0. The zero-order valence-corrected chi connectivity index (χ0v) is 12.3. The number of nitrogens with one attached hydrogen (secondary N) is 1. The molecular weight excluding hydrogens is 274 g/mol. The van der Waals surface area contributed by atoms with E-state index in [1.54, 1.807) is 13.0 Å². The summed E-state index contributed by atoms with van der Waals surface area (Å²) in [5.74, 6) is -0.586. The highest BCUT2D eigenvalue weighted by Gasteiger charge is 2.12. The van der Waals surface area contributed by atoms with Crippen LogP contribution in [0.15, 0.2) is 30.5 Å². The van der Waals surface area contributed by atoms with Crippen molar-refractivity contribution in [3.63, 3.8) is 0 Å². The maximum atomic E-state index is 14.3. The molecule has 0 aliphatic heterocycles. The van der Waals surface area contributed by atoms with Crippen molar-refractivity contribution in [1.82, 2.24) is 10.3 Å². The summed E-state index contributed by atoms with van der Waals surface area (Å²) in [5, 5.41) is 3.14. The van der Waals surface area contributed by atoms with Gasteiger partial charge in [0, 0.05) is 24.3 Å². The van der Waals surface area contributed by atoms with Gasteiger partial charge in [-0.3, -0.25) is 0 Å². The fourth-order valence-corrected chi connectivity index (χ4v) is 1.78. The van der Waals surface area contributed by atoms with Gasteiger partial charge in [-0.15, -0.1) is 0 Å².